The van der Waals surface area contributed by atoms with Gasteiger partial charge >= 0.3 is 0 Å². The predicted octanol–water partition coefficient (Wildman–Crippen LogP) is 3.06. The van der Waals surface area contributed by atoms with Gasteiger partial charge in [-0.1, -0.05) is 31.9 Å². The van der Waals surface area contributed by atoms with Crippen molar-refractivity contribution in [2.45, 2.75) is 57.7 Å². The molecule has 1 aliphatic carbocycles. The maximum atomic E-state index is 13.9. The highest BCUT2D eigenvalue weighted by Crippen LogP contribution is 2.36. The molecule has 4 rings (SSSR count). The minimum absolute atomic E-state index is 0.0409. The molecule has 38 heavy (non-hydrogen) atoms. The van der Waals surface area contributed by atoms with Gasteiger partial charge in [0.15, 0.2) is 11.5 Å². The topological polar surface area (TPSA) is 114 Å². The maximum Gasteiger partial charge on any atom is 0.244 e. The van der Waals surface area contributed by atoms with Crippen molar-refractivity contribution in [1.29, 1.82) is 0 Å². The summed E-state index contributed by atoms with van der Waals surface area (Å²) in [7, 11) is -2.29. The molecule has 2 aliphatic rings. The van der Waals surface area contributed by atoms with E-state index >= 15 is 0 Å². The monoisotopic (exact) mass is 545 g/mol. The van der Waals surface area contributed by atoms with Crippen molar-refractivity contribution in [3.8, 4) is 17.2 Å². The smallest absolute Gasteiger partial charge is 0.244 e. The van der Waals surface area contributed by atoms with Gasteiger partial charge in [0.2, 0.25) is 28.6 Å². The Labute approximate surface area is 223 Å². The van der Waals surface area contributed by atoms with E-state index < -0.39 is 28.5 Å². The average molecular weight is 546 g/mol. The third kappa shape index (κ3) is 6.50. The molecule has 0 saturated heterocycles. The van der Waals surface area contributed by atoms with Crippen molar-refractivity contribution in [1.82, 2.24) is 10.2 Å². The number of anilines is 1. The molecule has 2 amide bonds. The fourth-order valence-corrected chi connectivity index (χ4v) is 5.75. The van der Waals surface area contributed by atoms with Gasteiger partial charge in [-0.2, -0.15) is 0 Å². The molecule has 206 valence electrons. The van der Waals surface area contributed by atoms with Crippen LogP contribution in [-0.4, -0.2) is 63.9 Å². The fourth-order valence-electron chi connectivity index (χ4n) is 4.91. The molecule has 0 aromatic heterocycles. The summed E-state index contributed by atoms with van der Waals surface area (Å²) >= 11 is 0. The van der Waals surface area contributed by atoms with Gasteiger partial charge in [0.25, 0.3) is 0 Å². The number of amides is 2. The molecule has 1 N–H and O–H groups in total. The molecule has 1 fully saturated rings. The van der Waals surface area contributed by atoms with Crippen molar-refractivity contribution >= 4 is 27.5 Å². The molecule has 0 radical (unpaired) electrons. The van der Waals surface area contributed by atoms with Crippen molar-refractivity contribution in [2.24, 2.45) is 0 Å². The second kappa shape index (κ2) is 11.9. The summed E-state index contributed by atoms with van der Waals surface area (Å²) in [5.74, 6) is 0.799. The van der Waals surface area contributed by atoms with E-state index in [0.717, 1.165) is 41.8 Å². The Morgan fingerprint density at radius 1 is 1.11 bits per heavy atom. The van der Waals surface area contributed by atoms with Crippen LogP contribution < -0.4 is 23.8 Å². The third-order valence-electron chi connectivity index (χ3n) is 6.90. The minimum atomic E-state index is -3.85. The summed E-state index contributed by atoms with van der Waals surface area (Å²) < 4.78 is 42.7. The van der Waals surface area contributed by atoms with Crippen LogP contribution >= 0.6 is 0 Å². The van der Waals surface area contributed by atoms with E-state index in [1.807, 2.05) is 19.1 Å². The Hall–Kier alpha value is -3.47. The number of nitrogens with one attached hydrogen (secondary N) is 1. The normalized spacial score (nSPS) is 15.7. The lowest BCUT2D eigenvalue weighted by Crippen LogP contribution is -2.53. The first-order valence-corrected chi connectivity index (χ1v) is 14.6. The first-order valence-electron chi connectivity index (χ1n) is 12.8. The van der Waals surface area contributed by atoms with Crippen LogP contribution in [0.1, 0.15) is 44.6 Å². The molecule has 1 atom stereocenters. The van der Waals surface area contributed by atoms with Gasteiger partial charge in [-0.15, -0.1) is 0 Å². The second-order valence-electron chi connectivity index (χ2n) is 9.59. The summed E-state index contributed by atoms with van der Waals surface area (Å²) in [5, 5.41) is 3.10. The summed E-state index contributed by atoms with van der Waals surface area (Å²) in [6.07, 6.45) is 5.37. The highest BCUT2D eigenvalue weighted by atomic mass is 32.2. The van der Waals surface area contributed by atoms with Crippen LogP contribution in [0.2, 0.25) is 0 Å². The maximum absolute atomic E-state index is 13.9. The standard InChI is InChI=1S/C27H35N3O7S/c1-4-23(27(32)28-20-9-5-6-10-20)29(16-19-8-7-11-22(14-19)35-2)26(31)17-30(38(3,33)34)21-12-13-24-25(15-21)37-18-36-24/h7-8,11-15,20,23H,4-6,9-10,16-18H2,1-3H3,(H,28,32)/t23-/m1/s1. The Morgan fingerprint density at radius 2 is 1.84 bits per heavy atom. The van der Waals surface area contributed by atoms with Crippen molar-refractivity contribution in [3.63, 3.8) is 0 Å². The minimum Gasteiger partial charge on any atom is -0.497 e. The fraction of sp³-hybridized carbons (Fsp3) is 0.481. The van der Waals surface area contributed by atoms with Gasteiger partial charge in [-0.05, 0) is 49.1 Å². The Kier molecular flexibility index (Phi) is 8.65. The number of methoxy groups -OCH3 is 1. The number of fused-ring (bicyclic) bond motifs is 1. The van der Waals surface area contributed by atoms with Gasteiger partial charge in [-0.3, -0.25) is 13.9 Å². The lowest BCUT2D eigenvalue weighted by molar-refractivity contribution is -0.140. The van der Waals surface area contributed by atoms with E-state index in [9.17, 15) is 18.0 Å². The Morgan fingerprint density at radius 3 is 2.53 bits per heavy atom. The molecule has 11 heteroatoms. The molecular weight excluding hydrogens is 510 g/mol. The van der Waals surface area contributed by atoms with Crippen LogP contribution in [0.4, 0.5) is 5.69 Å². The predicted molar refractivity (Wildman–Crippen MR) is 143 cm³/mol. The van der Waals surface area contributed by atoms with Crippen LogP contribution in [-0.2, 0) is 26.2 Å². The molecule has 2 aromatic rings. The number of carbonyl (C=O) groups is 2. The van der Waals surface area contributed by atoms with Crippen molar-refractivity contribution in [2.75, 3.05) is 31.0 Å². The van der Waals surface area contributed by atoms with Crippen LogP contribution in [0.3, 0.4) is 0 Å². The summed E-state index contributed by atoms with van der Waals surface area (Å²) in [6, 6.07) is 11.3. The first-order chi connectivity index (χ1) is 18.2. The van der Waals surface area contributed by atoms with Gasteiger partial charge < -0.3 is 24.4 Å². The van der Waals surface area contributed by atoms with Gasteiger partial charge in [0, 0.05) is 18.7 Å². The number of ether oxygens (including phenoxy) is 3. The highest BCUT2D eigenvalue weighted by molar-refractivity contribution is 7.92. The van der Waals surface area contributed by atoms with Gasteiger partial charge in [0.05, 0.1) is 19.1 Å². The molecule has 0 spiro atoms. The number of rotatable bonds is 11. The quantitative estimate of drug-likeness (QED) is 0.462. The molecular formula is C27H35N3O7S. The number of benzene rings is 2. The zero-order valence-corrected chi connectivity index (χ0v) is 22.8. The summed E-state index contributed by atoms with van der Waals surface area (Å²) in [4.78, 5) is 28.7. The molecule has 10 nitrogen and oxygen atoms in total. The zero-order chi connectivity index (χ0) is 27.3. The number of carbonyl (C=O) groups excluding carboxylic acids is 2. The van der Waals surface area contributed by atoms with E-state index in [1.54, 1.807) is 31.4 Å². The highest BCUT2D eigenvalue weighted by Gasteiger charge is 2.33. The largest absolute Gasteiger partial charge is 0.497 e. The number of hydrogen-bond donors (Lipinski definition) is 1. The van der Waals surface area contributed by atoms with Crippen molar-refractivity contribution in [3.05, 3.63) is 48.0 Å². The molecule has 1 heterocycles. The Bertz CT molecular complexity index is 1260. The third-order valence-corrected chi connectivity index (χ3v) is 8.04. The SMILES string of the molecule is CC[C@H](C(=O)NC1CCCC1)N(Cc1cccc(OC)c1)C(=O)CN(c1ccc2c(c1)OCO2)S(C)(=O)=O. The van der Waals surface area contributed by atoms with E-state index in [1.165, 1.54) is 11.0 Å². The lowest BCUT2D eigenvalue weighted by atomic mass is 10.1. The van der Waals surface area contributed by atoms with E-state index in [4.69, 9.17) is 14.2 Å². The molecule has 0 bridgehead atoms. The lowest BCUT2D eigenvalue weighted by Gasteiger charge is -2.33. The molecule has 0 unspecified atom stereocenters. The average Bonchev–Trinajstić information content (AvgIpc) is 3.58. The van der Waals surface area contributed by atoms with E-state index in [2.05, 4.69) is 5.32 Å². The van der Waals surface area contributed by atoms with Crippen LogP contribution in [0.15, 0.2) is 42.5 Å². The van der Waals surface area contributed by atoms with Crippen LogP contribution in [0.25, 0.3) is 0 Å². The number of sulfonamides is 1. The van der Waals surface area contributed by atoms with Crippen LogP contribution in [0.5, 0.6) is 17.2 Å². The number of hydrogen-bond acceptors (Lipinski definition) is 7. The number of nitrogens with zero attached hydrogens (tertiary/aromatic N) is 2. The van der Waals surface area contributed by atoms with Crippen LogP contribution in [0, 0.1) is 0 Å². The molecule has 1 aliphatic heterocycles. The van der Waals surface area contributed by atoms with Gasteiger partial charge in [0.1, 0.15) is 18.3 Å². The summed E-state index contributed by atoms with van der Waals surface area (Å²) in [6.45, 7) is 1.52. The van der Waals surface area contributed by atoms with E-state index in [0.29, 0.717) is 23.7 Å². The Balaban J connectivity index is 1.63. The first kappa shape index (κ1) is 27.6. The summed E-state index contributed by atoms with van der Waals surface area (Å²) in [5.41, 5.74) is 1.04. The van der Waals surface area contributed by atoms with E-state index in [-0.39, 0.29) is 31.0 Å². The second-order valence-corrected chi connectivity index (χ2v) is 11.5. The zero-order valence-electron chi connectivity index (χ0n) is 22.0. The van der Waals surface area contributed by atoms with Gasteiger partial charge in [-0.25, -0.2) is 8.42 Å². The molecule has 2 aromatic carbocycles. The molecule has 1 saturated carbocycles. The van der Waals surface area contributed by atoms with Crippen molar-refractivity contribution < 1.29 is 32.2 Å².